The second-order valence-electron chi connectivity index (χ2n) is 5.84. The predicted molar refractivity (Wildman–Crippen MR) is 96.9 cm³/mol. The lowest BCUT2D eigenvalue weighted by Gasteiger charge is -2.11. The molecule has 0 N–H and O–H groups in total. The van der Waals surface area contributed by atoms with E-state index in [0.717, 1.165) is 11.1 Å². The van der Waals surface area contributed by atoms with Crippen molar-refractivity contribution in [3.05, 3.63) is 84.0 Å². The van der Waals surface area contributed by atoms with Gasteiger partial charge in [0.2, 0.25) is 0 Å². The topological polar surface area (TPSA) is 35.5 Å². The highest BCUT2D eigenvalue weighted by atomic mass is 16.5. The lowest BCUT2D eigenvalue weighted by atomic mass is 10.0. The lowest BCUT2D eigenvalue weighted by molar-refractivity contribution is 0.103. The van der Waals surface area contributed by atoms with Crippen LogP contribution in [0.4, 0.5) is 0 Å². The molecule has 2 rings (SSSR count). The molecule has 0 bridgehead atoms. The number of carbonyl (C=O) groups excluding carboxylic acids is 1. The Bertz CT molecular complexity index is 742. The van der Waals surface area contributed by atoms with Crippen LogP contribution < -0.4 is 9.47 Å². The summed E-state index contributed by atoms with van der Waals surface area (Å²) in [5, 5.41) is 0. The first kappa shape index (κ1) is 17.5. The molecule has 0 atom stereocenters. The fourth-order valence-electron chi connectivity index (χ4n) is 2.05. The van der Waals surface area contributed by atoms with Gasteiger partial charge in [-0.15, -0.1) is 0 Å². The molecule has 0 radical (unpaired) electrons. The van der Waals surface area contributed by atoms with Gasteiger partial charge in [0.1, 0.15) is 24.7 Å². The number of carbonyl (C=O) groups is 1. The van der Waals surface area contributed by atoms with Crippen molar-refractivity contribution >= 4 is 5.78 Å². The Hall–Kier alpha value is -2.81. The minimum absolute atomic E-state index is 0.0845. The van der Waals surface area contributed by atoms with Crippen LogP contribution in [-0.4, -0.2) is 19.0 Å². The summed E-state index contributed by atoms with van der Waals surface area (Å²) in [5.41, 5.74) is 2.97. The largest absolute Gasteiger partial charge is 0.489 e. The molecular weight excluding hydrogens is 300 g/mol. The van der Waals surface area contributed by atoms with E-state index >= 15 is 0 Å². The number of benzene rings is 2. The van der Waals surface area contributed by atoms with Crippen LogP contribution in [0.5, 0.6) is 11.5 Å². The van der Waals surface area contributed by atoms with E-state index in [1.165, 1.54) is 0 Å². The predicted octanol–water partition coefficient (Wildman–Crippen LogP) is 4.83. The summed E-state index contributed by atoms with van der Waals surface area (Å²) in [5.74, 6) is 1.19. The first-order valence-corrected chi connectivity index (χ1v) is 7.75. The molecule has 2 aromatic rings. The van der Waals surface area contributed by atoms with E-state index in [4.69, 9.17) is 9.47 Å². The van der Waals surface area contributed by atoms with Gasteiger partial charge in [-0.1, -0.05) is 25.3 Å². The highest BCUT2D eigenvalue weighted by Gasteiger charge is 2.14. The first-order valence-electron chi connectivity index (χ1n) is 7.75. The molecule has 3 heteroatoms. The monoisotopic (exact) mass is 322 g/mol. The van der Waals surface area contributed by atoms with Gasteiger partial charge in [0.25, 0.3) is 0 Å². The van der Waals surface area contributed by atoms with E-state index < -0.39 is 0 Å². The Kier molecular flexibility index (Phi) is 5.96. The number of ether oxygens (including phenoxy) is 2. The zero-order valence-corrected chi connectivity index (χ0v) is 14.2. The molecule has 0 saturated carbocycles. The van der Waals surface area contributed by atoms with Crippen LogP contribution in [0.25, 0.3) is 0 Å². The Morgan fingerprint density at radius 2 is 1.46 bits per heavy atom. The minimum Gasteiger partial charge on any atom is -0.489 e. The third-order valence-electron chi connectivity index (χ3n) is 3.21. The molecule has 124 valence electrons. The number of para-hydroxylation sites is 1. The lowest BCUT2D eigenvalue weighted by Crippen LogP contribution is -2.07. The average Bonchev–Trinajstić information content (AvgIpc) is 2.58. The van der Waals surface area contributed by atoms with E-state index in [2.05, 4.69) is 13.2 Å². The normalized spacial score (nSPS) is 10.1. The van der Waals surface area contributed by atoms with Crippen molar-refractivity contribution in [2.45, 2.75) is 13.8 Å². The molecular formula is C21H22O3. The van der Waals surface area contributed by atoms with Gasteiger partial charge in [-0.05, 0) is 61.4 Å². The maximum Gasteiger partial charge on any atom is 0.196 e. The van der Waals surface area contributed by atoms with Crippen LogP contribution in [0.1, 0.15) is 29.8 Å². The van der Waals surface area contributed by atoms with Crippen LogP contribution in [0.3, 0.4) is 0 Å². The summed E-state index contributed by atoms with van der Waals surface area (Å²) in [7, 11) is 0. The Morgan fingerprint density at radius 3 is 2.08 bits per heavy atom. The van der Waals surface area contributed by atoms with E-state index in [1.807, 2.05) is 26.0 Å². The van der Waals surface area contributed by atoms with Gasteiger partial charge in [-0.25, -0.2) is 0 Å². The fourth-order valence-corrected chi connectivity index (χ4v) is 2.05. The molecule has 0 amide bonds. The van der Waals surface area contributed by atoms with Gasteiger partial charge >= 0.3 is 0 Å². The molecule has 0 aromatic heterocycles. The van der Waals surface area contributed by atoms with E-state index in [1.54, 1.807) is 36.4 Å². The molecule has 0 unspecified atom stereocenters. The summed E-state index contributed by atoms with van der Waals surface area (Å²) in [6.07, 6.45) is 0. The second kappa shape index (κ2) is 8.16. The van der Waals surface area contributed by atoms with Crippen molar-refractivity contribution in [3.63, 3.8) is 0 Å². The molecule has 0 saturated heterocycles. The summed E-state index contributed by atoms with van der Waals surface area (Å²) < 4.78 is 11.2. The van der Waals surface area contributed by atoms with Crippen LogP contribution in [0.15, 0.2) is 72.8 Å². The van der Waals surface area contributed by atoms with Gasteiger partial charge in [-0.3, -0.25) is 4.79 Å². The van der Waals surface area contributed by atoms with Crippen LogP contribution >= 0.6 is 0 Å². The SMILES string of the molecule is C=C(C)COc1ccc(C(=O)c2ccccc2OCC(=C)C)cc1. The zero-order valence-electron chi connectivity index (χ0n) is 14.2. The van der Waals surface area contributed by atoms with Gasteiger partial charge in [-0.2, -0.15) is 0 Å². The van der Waals surface area contributed by atoms with Crippen LogP contribution in [0, 0.1) is 0 Å². The average molecular weight is 322 g/mol. The third kappa shape index (κ3) is 4.85. The second-order valence-corrected chi connectivity index (χ2v) is 5.84. The number of rotatable bonds is 8. The van der Waals surface area contributed by atoms with Gasteiger partial charge in [0, 0.05) is 5.56 Å². The van der Waals surface area contributed by atoms with Crippen molar-refractivity contribution in [1.82, 2.24) is 0 Å². The van der Waals surface area contributed by atoms with E-state index in [0.29, 0.717) is 35.8 Å². The van der Waals surface area contributed by atoms with Crippen molar-refractivity contribution in [3.8, 4) is 11.5 Å². The first-order chi connectivity index (χ1) is 11.5. The zero-order chi connectivity index (χ0) is 17.5. The quantitative estimate of drug-likeness (QED) is 0.516. The molecule has 0 heterocycles. The van der Waals surface area contributed by atoms with E-state index in [-0.39, 0.29) is 5.78 Å². The standard InChI is InChI=1S/C21H22O3/c1-15(2)13-23-18-11-9-17(10-12-18)21(22)19-7-5-6-8-20(19)24-14-16(3)4/h5-12H,1,3,13-14H2,2,4H3. The smallest absolute Gasteiger partial charge is 0.196 e. The summed E-state index contributed by atoms with van der Waals surface area (Å²) in [4.78, 5) is 12.7. The van der Waals surface area contributed by atoms with Crippen molar-refractivity contribution in [2.24, 2.45) is 0 Å². The molecule has 24 heavy (non-hydrogen) atoms. The van der Waals surface area contributed by atoms with Gasteiger partial charge in [0.05, 0.1) is 5.56 Å². The Labute approximate surface area is 143 Å². The molecule has 0 aliphatic rings. The van der Waals surface area contributed by atoms with Crippen molar-refractivity contribution < 1.29 is 14.3 Å². The van der Waals surface area contributed by atoms with Crippen molar-refractivity contribution in [2.75, 3.05) is 13.2 Å². The Balaban J connectivity index is 2.16. The maximum atomic E-state index is 12.7. The molecule has 0 fully saturated rings. The molecule has 0 aliphatic heterocycles. The number of ketones is 1. The Morgan fingerprint density at radius 1 is 0.875 bits per heavy atom. The van der Waals surface area contributed by atoms with E-state index in [9.17, 15) is 4.79 Å². The molecule has 0 spiro atoms. The molecule has 0 aliphatic carbocycles. The minimum atomic E-state index is -0.0845. The summed E-state index contributed by atoms with van der Waals surface area (Å²) in [6.45, 7) is 12.2. The summed E-state index contributed by atoms with van der Waals surface area (Å²) in [6, 6.07) is 14.3. The van der Waals surface area contributed by atoms with Crippen molar-refractivity contribution in [1.29, 1.82) is 0 Å². The number of hydrogen-bond acceptors (Lipinski definition) is 3. The maximum absolute atomic E-state index is 12.7. The van der Waals surface area contributed by atoms with Gasteiger partial charge in [0.15, 0.2) is 5.78 Å². The van der Waals surface area contributed by atoms with Crippen LogP contribution in [-0.2, 0) is 0 Å². The molecule has 3 nitrogen and oxygen atoms in total. The number of hydrogen-bond donors (Lipinski definition) is 0. The third-order valence-corrected chi connectivity index (χ3v) is 3.21. The van der Waals surface area contributed by atoms with Crippen LogP contribution in [0.2, 0.25) is 0 Å². The molecule has 2 aromatic carbocycles. The summed E-state index contributed by atoms with van der Waals surface area (Å²) >= 11 is 0. The highest BCUT2D eigenvalue weighted by molar-refractivity contribution is 6.10. The fraction of sp³-hybridized carbons (Fsp3) is 0.190. The van der Waals surface area contributed by atoms with Gasteiger partial charge < -0.3 is 9.47 Å². The highest BCUT2D eigenvalue weighted by Crippen LogP contribution is 2.23.